The summed E-state index contributed by atoms with van der Waals surface area (Å²) in [6, 6.07) is 17.5. The van der Waals surface area contributed by atoms with Crippen LogP contribution in [-0.4, -0.2) is 77.9 Å². The smallest absolute Gasteiger partial charge is 0.248 e. The van der Waals surface area contributed by atoms with Gasteiger partial charge in [-0.1, -0.05) is 24.3 Å². The lowest BCUT2D eigenvalue weighted by Crippen LogP contribution is -2.36. The van der Waals surface area contributed by atoms with Crippen molar-refractivity contribution in [1.82, 2.24) is 25.1 Å². The van der Waals surface area contributed by atoms with Crippen molar-refractivity contribution in [3.05, 3.63) is 66.4 Å². The minimum Gasteiger partial charge on any atom is -0.378 e. The second-order valence-electron chi connectivity index (χ2n) is 9.31. The highest BCUT2D eigenvalue weighted by atomic mass is 16.5. The van der Waals surface area contributed by atoms with E-state index in [1.54, 1.807) is 12.1 Å². The highest BCUT2D eigenvalue weighted by Gasteiger charge is 2.18. The fourth-order valence-corrected chi connectivity index (χ4v) is 4.31. The van der Waals surface area contributed by atoms with E-state index >= 15 is 0 Å². The van der Waals surface area contributed by atoms with Crippen molar-refractivity contribution < 1.29 is 9.53 Å². The molecular weight excluding hydrogens is 494 g/mol. The predicted octanol–water partition coefficient (Wildman–Crippen LogP) is 3.53. The summed E-state index contributed by atoms with van der Waals surface area (Å²) >= 11 is 0. The van der Waals surface area contributed by atoms with Crippen molar-refractivity contribution in [2.45, 2.75) is 0 Å². The quantitative estimate of drug-likeness (QED) is 0.296. The Bertz CT molecular complexity index is 1550. The number of anilines is 4. The van der Waals surface area contributed by atoms with Crippen LogP contribution in [0.5, 0.6) is 0 Å². The molecule has 3 heterocycles. The van der Waals surface area contributed by atoms with Crippen LogP contribution in [0.2, 0.25) is 0 Å². The molecule has 0 unspecified atom stereocenters. The van der Waals surface area contributed by atoms with Crippen molar-refractivity contribution in [2.75, 3.05) is 62.5 Å². The van der Waals surface area contributed by atoms with Gasteiger partial charge >= 0.3 is 0 Å². The molecule has 0 aliphatic carbocycles. The van der Waals surface area contributed by atoms with Crippen LogP contribution in [0, 0.1) is 11.3 Å². The summed E-state index contributed by atoms with van der Waals surface area (Å²) in [5.41, 5.74) is 4.38. The molecule has 0 radical (unpaired) electrons. The minimum absolute atomic E-state index is 0.196. The summed E-state index contributed by atoms with van der Waals surface area (Å²) in [5.74, 6) is 0.121. The third kappa shape index (κ3) is 6.20. The molecule has 198 valence electrons. The summed E-state index contributed by atoms with van der Waals surface area (Å²) in [6.07, 6.45) is 3.30. The Hall–Kier alpha value is -4.79. The fourth-order valence-electron chi connectivity index (χ4n) is 4.31. The number of rotatable bonds is 8. The van der Waals surface area contributed by atoms with E-state index in [0.717, 1.165) is 24.5 Å². The number of carbonyl (C=O) groups excluding carboxylic acids is 1. The third-order valence-electron chi connectivity index (χ3n) is 6.15. The average molecular weight is 524 g/mol. The predicted molar refractivity (Wildman–Crippen MR) is 151 cm³/mol. The lowest BCUT2D eigenvalue weighted by molar-refractivity contribution is -0.111. The Kier molecular flexibility index (Phi) is 7.77. The lowest BCUT2D eigenvalue weighted by Gasteiger charge is -2.29. The summed E-state index contributed by atoms with van der Waals surface area (Å²) < 4.78 is 5.47. The Labute approximate surface area is 226 Å². The first kappa shape index (κ1) is 25.8. The number of aromatic amines is 1. The monoisotopic (exact) mass is 523 g/mol. The zero-order chi connectivity index (χ0) is 27.2. The van der Waals surface area contributed by atoms with Crippen LogP contribution in [-0.2, 0) is 9.53 Å². The minimum atomic E-state index is -0.231. The van der Waals surface area contributed by atoms with E-state index in [2.05, 4.69) is 42.9 Å². The van der Waals surface area contributed by atoms with Crippen LogP contribution in [0.3, 0.4) is 0 Å². The number of ether oxygens (including phenoxy) is 1. The number of nitriles is 1. The first-order valence-corrected chi connectivity index (χ1v) is 12.6. The van der Waals surface area contributed by atoms with Gasteiger partial charge in [0, 0.05) is 48.3 Å². The average Bonchev–Trinajstić information content (AvgIpc) is 3.36. The van der Waals surface area contributed by atoms with Crippen LogP contribution in [0.4, 0.5) is 23.0 Å². The van der Waals surface area contributed by atoms with Crippen LogP contribution in [0.25, 0.3) is 22.3 Å². The molecular formula is C28H29N9O2. The van der Waals surface area contributed by atoms with Crippen LogP contribution < -0.4 is 15.5 Å². The molecule has 11 nitrogen and oxygen atoms in total. The summed E-state index contributed by atoms with van der Waals surface area (Å²) in [7, 11) is 3.87. The van der Waals surface area contributed by atoms with Gasteiger partial charge in [0.05, 0.1) is 24.3 Å². The van der Waals surface area contributed by atoms with Crippen molar-refractivity contribution in [1.29, 1.82) is 5.26 Å². The maximum absolute atomic E-state index is 12.4. The van der Waals surface area contributed by atoms with Crippen LogP contribution in [0.15, 0.2) is 60.7 Å². The Balaban J connectivity index is 1.46. The molecule has 0 atom stereocenters. The van der Waals surface area contributed by atoms with E-state index in [1.807, 2.05) is 55.4 Å². The molecule has 0 bridgehead atoms. The molecule has 1 aliphatic heterocycles. The number of likely N-dealkylation sites (N-methyl/N-ethyl adjacent to an activating group) is 1. The molecule has 11 heteroatoms. The van der Waals surface area contributed by atoms with Crippen LogP contribution >= 0.6 is 0 Å². The molecule has 1 fully saturated rings. The molecule has 1 amide bonds. The normalized spacial score (nSPS) is 13.6. The topological polar surface area (TPSA) is 135 Å². The molecule has 1 aliphatic rings. The zero-order valence-electron chi connectivity index (χ0n) is 21.8. The number of amides is 1. The molecule has 3 N–H and O–H groups in total. The number of H-pyrrole nitrogens is 1. The number of nitrogens with one attached hydrogen (secondary N) is 3. The van der Waals surface area contributed by atoms with E-state index in [4.69, 9.17) is 9.72 Å². The van der Waals surface area contributed by atoms with E-state index < -0.39 is 0 Å². The number of carbonyl (C=O) groups is 1. The summed E-state index contributed by atoms with van der Waals surface area (Å²) in [6.45, 7) is 3.73. The van der Waals surface area contributed by atoms with Gasteiger partial charge in [-0.3, -0.25) is 9.89 Å². The fraction of sp³-hybridized carbons (Fsp3) is 0.250. The second kappa shape index (κ2) is 11.7. The second-order valence-corrected chi connectivity index (χ2v) is 9.31. The molecule has 0 saturated carbocycles. The molecule has 5 rings (SSSR count). The first-order chi connectivity index (χ1) is 19.0. The largest absolute Gasteiger partial charge is 0.378 e. The van der Waals surface area contributed by atoms with E-state index in [9.17, 15) is 10.1 Å². The van der Waals surface area contributed by atoms with Gasteiger partial charge in [0.25, 0.3) is 0 Å². The molecule has 39 heavy (non-hydrogen) atoms. The van der Waals surface area contributed by atoms with Gasteiger partial charge in [-0.2, -0.15) is 15.3 Å². The van der Waals surface area contributed by atoms with E-state index in [-0.39, 0.29) is 11.6 Å². The Morgan fingerprint density at radius 3 is 2.74 bits per heavy atom. The summed E-state index contributed by atoms with van der Waals surface area (Å²) in [4.78, 5) is 26.0. The Morgan fingerprint density at radius 2 is 1.95 bits per heavy atom. The molecule has 1 saturated heterocycles. The van der Waals surface area contributed by atoms with Gasteiger partial charge in [0.1, 0.15) is 6.07 Å². The number of hydrogen-bond donors (Lipinski definition) is 3. The maximum atomic E-state index is 12.4. The number of benzene rings is 2. The van der Waals surface area contributed by atoms with Gasteiger partial charge in [-0.05, 0) is 44.4 Å². The van der Waals surface area contributed by atoms with Gasteiger partial charge in [-0.15, -0.1) is 0 Å². The summed E-state index contributed by atoms with van der Waals surface area (Å²) in [5, 5.41) is 23.3. The third-order valence-corrected chi connectivity index (χ3v) is 6.15. The van der Waals surface area contributed by atoms with Crippen LogP contribution in [0.1, 0.15) is 5.69 Å². The van der Waals surface area contributed by atoms with E-state index in [1.165, 1.54) is 6.08 Å². The standard InChI is InChI=1S/C28H29N9O2/c1-36(2)11-5-10-24(38)30-20-7-3-6-19(16-20)26-25-23(18-29)34-35-27(25)33-28(32-26)31-21-8-4-9-22(17-21)37-12-14-39-15-13-37/h3-10,16-17H,11-15H2,1-2H3,(H,30,38)(H2,31,32,33,34,35)/b10-5+. The van der Waals surface area contributed by atoms with Crippen molar-refractivity contribution in [3.63, 3.8) is 0 Å². The van der Waals surface area contributed by atoms with Gasteiger partial charge in [-0.25, -0.2) is 4.98 Å². The van der Waals surface area contributed by atoms with E-state index in [0.29, 0.717) is 53.7 Å². The molecule has 2 aromatic carbocycles. The number of nitrogens with zero attached hydrogens (tertiary/aromatic N) is 6. The van der Waals surface area contributed by atoms with Crippen molar-refractivity contribution >= 4 is 40.0 Å². The van der Waals surface area contributed by atoms with Crippen molar-refractivity contribution in [3.8, 4) is 17.3 Å². The Morgan fingerprint density at radius 1 is 1.15 bits per heavy atom. The molecule has 4 aromatic rings. The van der Waals surface area contributed by atoms with Gasteiger partial charge in [0.2, 0.25) is 11.9 Å². The number of aromatic nitrogens is 4. The SMILES string of the molecule is CN(C)C/C=C/C(=O)Nc1cccc(-c2nc(Nc3cccc(N4CCOCC4)c3)nc3[nH]nc(C#N)c23)c1. The maximum Gasteiger partial charge on any atom is 0.248 e. The first-order valence-electron chi connectivity index (χ1n) is 12.6. The number of fused-ring (bicyclic) bond motifs is 1. The highest BCUT2D eigenvalue weighted by Crippen LogP contribution is 2.31. The molecule has 0 spiro atoms. The lowest BCUT2D eigenvalue weighted by atomic mass is 10.1. The number of morpholine rings is 1. The number of hydrogen-bond acceptors (Lipinski definition) is 9. The van der Waals surface area contributed by atoms with Gasteiger partial charge in [0.15, 0.2) is 11.3 Å². The van der Waals surface area contributed by atoms with Crippen molar-refractivity contribution in [2.24, 2.45) is 0 Å². The van der Waals surface area contributed by atoms with Gasteiger partial charge < -0.3 is 25.2 Å². The zero-order valence-corrected chi connectivity index (χ0v) is 21.8. The highest BCUT2D eigenvalue weighted by molar-refractivity contribution is 6.00. The molecule has 2 aromatic heterocycles.